The van der Waals surface area contributed by atoms with Gasteiger partial charge in [-0.25, -0.2) is 4.79 Å². The zero-order chi connectivity index (χ0) is 7.72. The highest BCUT2D eigenvalue weighted by molar-refractivity contribution is 8.05. The molecule has 0 bridgehead atoms. The Hall–Kier alpha value is -0.530. The summed E-state index contributed by atoms with van der Waals surface area (Å²) in [5.41, 5.74) is 7.57. The molecule has 1 aliphatic rings. The second-order valence-electron chi connectivity index (χ2n) is 1.50. The molecule has 0 atom stereocenters. The van der Waals surface area contributed by atoms with E-state index >= 15 is 0 Å². The zero-order valence-electron chi connectivity index (χ0n) is 4.70. The van der Waals surface area contributed by atoms with E-state index in [-0.39, 0.29) is 10.7 Å². The van der Waals surface area contributed by atoms with Crippen molar-refractivity contribution in [2.24, 2.45) is 5.73 Å². The first-order chi connectivity index (χ1) is 4.61. The molecule has 1 heterocycles. The Morgan fingerprint density at radius 3 is 2.70 bits per heavy atom. The van der Waals surface area contributed by atoms with Crippen LogP contribution in [-0.4, -0.2) is 14.9 Å². The standard InChI is InChI=1S/C3H4N3O2S2/c4-2-1(3(7)8)5-6(9)10-2/h5H,4H2,(H,7,8)/q-1. The first-order valence-electron chi connectivity index (χ1n) is 2.26. The van der Waals surface area contributed by atoms with E-state index in [9.17, 15) is 4.79 Å². The van der Waals surface area contributed by atoms with E-state index in [1.54, 1.807) is 0 Å². The number of carboxylic acid groups (broad SMARTS) is 1. The van der Waals surface area contributed by atoms with Gasteiger partial charge in [0, 0.05) is 0 Å². The van der Waals surface area contributed by atoms with Crippen LogP contribution in [0.4, 0.5) is 0 Å². The first-order valence-corrected chi connectivity index (χ1v) is 3.40. The van der Waals surface area contributed by atoms with Crippen LogP contribution in [-0.2, 0) is 17.6 Å². The molecule has 0 aliphatic carbocycles. The van der Waals surface area contributed by atoms with Crippen LogP contribution in [0.2, 0.25) is 0 Å². The summed E-state index contributed by atoms with van der Waals surface area (Å²) in [5, 5.41) is 8.60. The summed E-state index contributed by atoms with van der Waals surface area (Å²) >= 11 is 5.55. The van der Waals surface area contributed by atoms with Crippen LogP contribution in [0.3, 0.4) is 0 Å². The Morgan fingerprint density at radius 1 is 1.90 bits per heavy atom. The number of nitrogens with two attached hydrogens (primary N) is 1. The molecule has 7 heteroatoms. The predicted octanol–water partition coefficient (Wildman–Crippen LogP) is -0.871. The lowest BCUT2D eigenvalue weighted by atomic mass is 10.5. The second-order valence-corrected chi connectivity index (χ2v) is 3.09. The average molecular weight is 178 g/mol. The molecule has 1 rings (SSSR count). The fourth-order valence-electron chi connectivity index (χ4n) is 0.457. The summed E-state index contributed by atoms with van der Waals surface area (Å²) in [6.45, 7) is 0. The van der Waals surface area contributed by atoms with Crippen LogP contribution in [0.25, 0.3) is 0 Å². The maximum absolute atomic E-state index is 10.3. The van der Waals surface area contributed by atoms with Crippen molar-refractivity contribution in [2.75, 3.05) is 0 Å². The van der Waals surface area contributed by atoms with Gasteiger partial charge in [0.15, 0.2) is 5.70 Å². The summed E-state index contributed by atoms with van der Waals surface area (Å²) in [6.07, 6.45) is 0. The number of nitrogens with zero attached hydrogens (tertiary/aromatic N) is 1. The van der Waals surface area contributed by atoms with Crippen molar-refractivity contribution >= 4 is 30.7 Å². The second kappa shape index (κ2) is 2.60. The normalized spacial score (nSPS) is 19.3. The highest BCUT2D eigenvalue weighted by Gasteiger charge is 2.18. The number of nitrogens with one attached hydrogen (secondary N) is 1. The number of hydrazine groups is 1. The molecule has 0 saturated heterocycles. The summed E-state index contributed by atoms with van der Waals surface area (Å²) in [6, 6.07) is 0. The van der Waals surface area contributed by atoms with Gasteiger partial charge in [-0.3, -0.25) is 3.82 Å². The molecule has 0 spiro atoms. The molecule has 0 radical (unpaired) electrons. The van der Waals surface area contributed by atoms with E-state index in [0.29, 0.717) is 0 Å². The van der Waals surface area contributed by atoms with Gasteiger partial charge in [0.1, 0.15) is 5.03 Å². The minimum absolute atomic E-state index is 0.0556. The number of aliphatic carboxylic acids is 1. The number of carbonyl (C=O) groups is 1. The average Bonchev–Trinajstić information content (AvgIpc) is 2.10. The van der Waals surface area contributed by atoms with Crippen molar-refractivity contribution in [3.8, 4) is 0 Å². The van der Waals surface area contributed by atoms with Gasteiger partial charge in [-0.1, -0.05) is 0 Å². The number of rotatable bonds is 1. The van der Waals surface area contributed by atoms with Gasteiger partial charge < -0.3 is 29.1 Å². The largest absolute Gasteiger partial charge is 0.664 e. The Morgan fingerprint density at radius 2 is 2.50 bits per heavy atom. The monoisotopic (exact) mass is 178 g/mol. The molecule has 4 N–H and O–H groups in total. The molecule has 10 heavy (non-hydrogen) atoms. The van der Waals surface area contributed by atoms with Crippen LogP contribution in [0.1, 0.15) is 0 Å². The van der Waals surface area contributed by atoms with E-state index in [1.807, 2.05) is 0 Å². The topological polar surface area (TPSA) is 78.6 Å². The molecule has 0 fully saturated rings. The maximum atomic E-state index is 10.3. The molecule has 5 nitrogen and oxygen atoms in total. The van der Waals surface area contributed by atoms with Crippen molar-refractivity contribution in [3.63, 3.8) is 0 Å². The van der Waals surface area contributed by atoms with Crippen LogP contribution >= 0.6 is 11.9 Å². The van der Waals surface area contributed by atoms with Crippen LogP contribution in [0.15, 0.2) is 10.7 Å². The Labute approximate surface area is 66.9 Å². The molecule has 56 valence electrons. The third kappa shape index (κ3) is 1.31. The number of hydrogen-bond acceptors (Lipinski definition) is 6. The van der Waals surface area contributed by atoms with Gasteiger partial charge in [0.05, 0.1) is 0 Å². The molecule has 0 aromatic heterocycles. The summed E-state index contributed by atoms with van der Waals surface area (Å²) in [5.74, 6) is -1.10. The lowest BCUT2D eigenvalue weighted by molar-refractivity contribution is -0.133. The van der Waals surface area contributed by atoms with Crippen molar-refractivity contribution < 1.29 is 9.90 Å². The van der Waals surface area contributed by atoms with E-state index in [2.05, 4.69) is 18.2 Å². The maximum Gasteiger partial charge on any atom is 0.356 e. The molecule has 0 amide bonds. The van der Waals surface area contributed by atoms with Crippen molar-refractivity contribution in [2.45, 2.75) is 0 Å². The lowest BCUT2D eigenvalue weighted by Crippen LogP contribution is -2.25. The Bertz CT molecular complexity index is 204. The number of carboxylic acids is 1. The first kappa shape index (κ1) is 7.58. The SMILES string of the molecule is NC1=C(C(=O)O)NN([S-])S1. The van der Waals surface area contributed by atoms with Crippen LogP contribution in [0, 0.1) is 0 Å². The van der Waals surface area contributed by atoms with Gasteiger partial charge in [-0.05, 0) is 11.9 Å². The van der Waals surface area contributed by atoms with E-state index < -0.39 is 5.97 Å². The van der Waals surface area contributed by atoms with Crippen molar-refractivity contribution in [3.05, 3.63) is 10.7 Å². The van der Waals surface area contributed by atoms with E-state index in [0.717, 1.165) is 15.8 Å². The molecule has 1 aliphatic heterocycles. The van der Waals surface area contributed by atoms with E-state index in [1.165, 1.54) is 0 Å². The highest BCUT2D eigenvalue weighted by atomic mass is 32.2. The molecular weight excluding hydrogens is 174 g/mol. The van der Waals surface area contributed by atoms with Crippen LogP contribution in [0.5, 0.6) is 0 Å². The van der Waals surface area contributed by atoms with Gasteiger partial charge in [0.25, 0.3) is 0 Å². The van der Waals surface area contributed by atoms with Gasteiger partial charge in [0.2, 0.25) is 0 Å². The smallest absolute Gasteiger partial charge is 0.356 e. The minimum atomic E-state index is -1.10. The highest BCUT2D eigenvalue weighted by Crippen LogP contribution is 2.22. The lowest BCUT2D eigenvalue weighted by Gasteiger charge is -2.20. The Kier molecular flexibility index (Phi) is 1.97. The zero-order valence-corrected chi connectivity index (χ0v) is 6.33. The van der Waals surface area contributed by atoms with E-state index in [4.69, 9.17) is 10.8 Å². The molecule has 0 saturated carbocycles. The summed E-state index contributed by atoms with van der Waals surface area (Å²) < 4.78 is 1.11. The quantitative estimate of drug-likeness (QED) is 0.356. The molecule has 0 aromatic rings. The number of hydrogen-bond donors (Lipinski definition) is 3. The minimum Gasteiger partial charge on any atom is -0.664 e. The third-order valence-electron chi connectivity index (χ3n) is 0.845. The molecular formula is C3H4N3O2S2-. The molecule has 0 unspecified atom stereocenters. The van der Waals surface area contributed by atoms with Crippen molar-refractivity contribution in [1.29, 1.82) is 0 Å². The van der Waals surface area contributed by atoms with Gasteiger partial charge >= 0.3 is 5.97 Å². The van der Waals surface area contributed by atoms with Crippen LogP contribution < -0.4 is 11.2 Å². The summed E-state index contributed by atoms with van der Waals surface area (Å²) in [4.78, 5) is 10.3. The fourth-order valence-corrected chi connectivity index (χ4v) is 1.33. The van der Waals surface area contributed by atoms with Crippen molar-refractivity contribution in [1.82, 2.24) is 9.25 Å². The Balaban J connectivity index is 2.76. The van der Waals surface area contributed by atoms with Gasteiger partial charge in [-0.15, -0.1) is 0 Å². The third-order valence-corrected chi connectivity index (χ3v) is 1.82. The summed E-state index contributed by atoms with van der Waals surface area (Å²) in [7, 11) is 0. The fraction of sp³-hybridized carbons (Fsp3) is 0. The predicted molar refractivity (Wildman–Crippen MR) is 38.8 cm³/mol. The molecule has 0 aromatic carbocycles. The van der Waals surface area contributed by atoms with Gasteiger partial charge in [-0.2, -0.15) is 0 Å².